The molecule has 0 aromatic heterocycles. The minimum atomic E-state index is -3.67. The third-order valence-corrected chi connectivity index (χ3v) is 7.76. The first-order chi connectivity index (χ1) is 14.7. The van der Waals surface area contributed by atoms with Crippen LogP contribution in [0, 0.1) is 0 Å². The number of carbonyl (C=O) groups is 2. The zero-order chi connectivity index (χ0) is 22.9. The molecule has 2 atom stereocenters. The lowest BCUT2D eigenvalue weighted by atomic mass is 10.2. The second-order valence-electron chi connectivity index (χ2n) is 8.10. The summed E-state index contributed by atoms with van der Waals surface area (Å²) >= 11 is 0. The summed E-state index contributed by atoms with van der Waals surface area (Å²) in [6.45, 7) is 5.84. The molecule has 0 spiro atoms. The van der Waals surface area contributed by atoms with Crippen LogP contribution >= 0.6 is 0 Å². The van der Waals surface area contributed by atoms with E-state index in [1.807, 2.05) is 44.2 Å². The Morgan fingerprint density at radius 2 is 1.84 bits per heavy atom. The summed E-state index contributed by atoms with van der Waals surface area (Å²) in [7, 11) is -3.67. The minimum absolute atomic E-state index is 0.359. The molecular formula is C22H34N2O6S. The van der Waals surface area contributed by atoms with Crippen molar-refractivity contribution in [2.24, 2.45) is 0 Å². The summed E-state index contributed by atoms with van der Waals surface area (Å²) in [5, 5.41) is 11.1. The zero-order valence-corrected chi connectivity index (χ0v) is 19.1. The molecule has 31 heavy (non-hydrogen) atoms. The fourth-order valence-electron chi connectivity index (χ4n) is 3.90. The lowest BCUT2D eigenvalue weighted by molar-refractivity contribution is -0.138. The molecule has 0 saturated carbocycles. The van der Waals surface area contributed by atoms with Crippen molar-refractivity contribution in [2.45, 2.75) is 69.9 Å². The molecule has 174 valence electrons. The number of hydrogen-bond donors (Lipinski definition) is 2. The summed E-state index contributed by atoms with van der Waals surface area (Å²) in [4.78, 5) is 26.0. The number of rotatable bonds is 12. The highest BCUT2D eigenvalue weighted by Gasteiger charge is 2.33. The normalized spacial score (nSPS) is 18.1. The van der Waals surface area contributed by atoms with Gasteiger partial charge in [-0.2, -0.15) is 0 Å². The van der Waals surface area contributed by atoms with Crippen LogP contribution in [0.1, 0.15) is 51.5 Å². The Morgan fingerprint density at radius 3 is 2.42 bits per heavy atom. The van der Waals surface area contributed by atoms with Crippen LogP contribution in [0.25, 0.3) is 0 Å². The number of carbonyl (C=O) groups excluding carboxylic acids is 1. The average Bonchev–Trinajstić information content (AvgIpc) is 3.14. The maximum atomic E-state index is 12.7. The molecule has 2 rings (SSSR count). The second kappa shape index (κ2) is 12.0. The number of carboxylic acid groups (broad SMARTS) is 1. The van der Waals surface area contributed by atoms with Crippen LogP contribution in [-0.2, 0) is 25.9 Å². The first-order valence-electron chi connectivity index (χ1n) is 10.9. The maximum Gasteiger partial charge on any atom is 0.408 e. The third-order valence-electron chi connectivity index (χ3n) is 5.47. The van der Waals surface area contributed by atoms with Gasteiger partial charge in [-0.3, -0.25) is 4.90 Å². The van der Waals surface area contributed by atoms with Gasteiger partial charge in [0, 0.05) is 19.6 Å². The van der Waals surface area contributed by atoms with Crippen LogP contribution in [0.2, 0.25) is 0 Å². The second-order valence-corrected chi connectivity index (χ2v) is 10.4. The number of benzene rings is 1. The van der Waals surface area contributed by atoms with Crippen molar-refractivity contribution in [2.75, 3.05) is 18.8 Å². The van der Waals surface area contributed by atoms with E-state index in [2.05, 4.69) is 10.2 Å². The number of nitrogens with one attached hydrogen (secondary N) is 1. The van der Waals surface area contributed by atoms with Crippen molar-refractivity contribution in [3.05, 3.63) is 35.9 Å². The van der Waals surface area contributed by atoms with Crippen molar-refractivity contribution in [3.8, 4) is 0 Å². The van der Waals surface area contributed by atoms with E-state index in [4.69, 9.17) is 4.74 Å². The summed E-state index contributed by atoms with van der Waals surface area (Å²) < 4.78 is 30.8. The molecule has 0 unspecified atom stereocenters. The van der Waals surface area contributed by atoms with Crippen LogP contribution in [0.4, 0.5) is 4.79 Å². The van der Waals surface area contributed by atoms with E-state index in [-0.39, 0.29) is 6.10 Å². The predicted molar refractivity (Wildman–Crippen MR) is 119 cm³/mol. The molecule has 9 heteroatoms. The zero-order valence-electron chi connectivity index (χ0n) is 18.3. The highest BCUT2D eigenvalue weighted by molar-refractivity contribution is 7.92. The summed E-state index contributed by atoms with van der Waals surface area (Å²) in [6, 6.07) is 8.43. The minimum Gasteiger partial charge on any atom is -0.480 e. The van der Waals surface area contributed by atoms with Gasteiger partial charge >= 0.3 is 12.1 Å². The van der Waals surface area contributed by atoms with Gasteiger partial charge in [0.25, 0.3) is 0 Å². The van der Waals surface area contributed by atoms with Crippen LogP contribution < -0.4 is 5.32 Å². The fraction of sp³-hybridized carbons (Fsp3) is 0.636. The van der Waals surface area contributed by atoms with Gasteiger partial charge in [-0.1, -0.05) is 57.0 Å². The maximum absolute atomic E-state index is 12.7. The average molecular weight is 455 g/mol. The smallest absolute Gasteiger partial charge is 0.408 e. The van der Waals surface area contributed by atoms with E-state index < -0.39 is 38.9 Å². The van der Waals surface area contributed by atoms with Crippen LogP contribution in [0.5, 0.6) is 0 Å². The van der Waals surface area contributed by atoms with Crippen LogP contribution in [0.15, 0.2) is 30.3 Å². The molecule has 1 fully saturated rings. The predicted octanol–water partition coefficient (Wildman–Crippen LogP) is 2.82. The molecule has 1 aromatic carbocycles. The summed E-state index contributed by atoms with van der Waals surface area (Å²) in [6.07, 6.45) is 1.74. The Bertz CT molecular complexity index is 809. The van der Waals surface area contributed by atoms with Gasteiger partial charge in [0.2, 0.25) is 0 Å². The number of sulfone groups is 1. The number of aliphatic carboxylic acids is 1. The molecule has 2 N–H and O–H groups in total. The van der Waals surface area contributed by atoms with E-state index in [1.165, 1.54) is 0 Å². The van der Waals surface area contributed by atoms with Crippen molar-refractivity contribution in [3.63, 3.8) is 0 Å². The number of alkyl carbamates (subject to hydrolysis) is 1. The van der Waals surface area contributed by atoms with Gasteiger partial charge in [0.15, 0.2) is 9.84 Å². The number of likely N-dealkylation sites (tertiary alicyclic amines) is 1. The van der Waals surface area contributed by atoms with E-state index in [0.29, 0.717) is 38.6 Å². The highest BCUT2D eigenvalue weighted by atomic mass is 32.2. The van der Waals surface area contributed by atoms with Crippen molar-refractivity contribution in [1.82, 2.24) is 10.2 Å². The van der Waals surface area contributed by atoms with Gasteiger partial charge < -0.3 is 15.2 Å². The Labute approximate surface area is 184 Å². The van der Waals surface area contributed by atoms with E-state index >= 15 is 0 Å². The Hall–Kier alpha value is -2.13. The highest BCUT2D eigenvalue weighted by Crippen LogP contribution is 2.18. The molecule has 0 bridgehead atoms. The molecule has 0 aliphatic carbocycles. The topological polar surface area (TPSA) is 113 Å². The number of amides is 1. The molecule has 1 heterocycles. The quantitative estimate of drug-likeness (QED) is 0.499. The van der Waals surface area contributed by atoms with Crippen molar-refractivity contribution in [1.29, 1.82) is 0 Å². The fourth-order valence-corrected chi connectivity index (χ4v) is 6.05. The van der Waals surface area contributed by atoms with Crippen LogP contribution in [-0.4, -0.2) is 66.7 Å². The lowest BCUT2D eigenvalue weighted by Gasteiger charge is -2.21. The molecule has 1 saturated heterocycles. The van der Waals surface area contributed by atoms with Gasteiger partial charge in [0.1, 0.15) is 12.1 Å². The standard InChI is InChI=1S/C22H34N2O6S/c1-3-8-19(9-4-2)31(28,29)16-20(21(25)26)23-22(27)30-18-12-13-24(15-18)14-17-10-6-5-7-11-17/h5-7,10-11,18-20H,3-4,8-9,12-16H2,1-2H3,(H,23,27)(H,25,26)/t18-,20+/m1/s1. The van der Waals surface area contributed by atoms with Crippen molar-refractivity contribution < 1.29 is 27.9 Å². The third kappa shape index (κ3) is 8.14. The lowest BCUT2D eigenvalue weighted by Crippen LogP contribution is -2.48. The monoisotopic (exact) mass is 454 g/mol. The summed E-state index contributed by atoms with van der Waals surface area (Å²) in [5.74, 6) is -2.02. The molecule has 1 aliphatic heterocycles. The Kier molecular flexibility index (Phi) is 9.77. The molecule has 1 aromatic rings. The molecule has 1 amide bonds. The van der Waals surface area contributed by atoms with Gasteiger partial charge in [-0.15, -0.1) is 0 Å². The number of ether oxygens (including phenoxy) is 1. The molecular weight excluding hydrogens is 420 g/mol. The van der Waals surface area contributed by atoms with E-state index in [9.17, 15) is 23.1 Å². The van der Waals surface area contributed by atoms with Crippen LogP contribution in [0.3, 0.4) is 0 Å². The largest absolute Gasteiger partial charge is 0.480 e. The molecule has 8 nitrogen and oxygen atoms in total. The summed E-state index contributed by atoms with van der Waals surface area (Å²) in [5.41, 5.74) is 1.16. The first-order valence-corrected chi connectivity index (χ1v) is 12.6. The Morgan fingerprint density at radius 1 is 1.19 bits per heavy atom. The number of nitrogens with zero attached hydrogens (tertiary/aromatic N) is 1. The van der Waals surface area contributed by atoms with E-state index in [0.717, 1.165) is 18.7 Å². The number of hydrogen-bond acceptors (Lipinski definition) is 6. The molecule has 1 aliphatic rings. The van der Waals surface area contributed by atoms with Gasteiger partial charge in [0.05, 0.1) is 11.0 Å². The first kappa shape index (κ1) is 25.1. The van der Waals surface area contributed by atoms with E-state index in [1.54, 1.807) is 0 Å². The SMILES string of the molecule is CCCC(CCC)S(=O)(=O)C[C@H](NC(=O)O[C@@H]1CCN(Cc2ccccc2)C1)C(=O)O. The van der Waals surface area contributed by atoms with Gasteiger partial charge in [-0.25, -0.2) is 18.0 Å². The van der Waals surface area contributed by atoms with Crippen molar-refractivity contribution >= 4 is 21.9 Å². The molecule has 0 radical (unpaired) electrons. The van der Waals surface area contributed by atoms with Gasteiger partial charge in [-0.05, 0) is 24.8 Å². The Balaban J connectivity index is 1.88. The number of carboxylic acids is 1.